The summed E-state index contributed by atoms with van der Waals surface area (Å²) in [5.41, 5.74) is 3.64. The zero-order valence-electron chi connectivity index (χ0n) is 16.3. The Morgan fingerprint density at radius 3 is 2.67 bits per heavy atom. The van der Waals surface area contributed by atoms with E-state index in [9.17, 15) is 5.11 Å². The van der Waals surface area contributed by atoms with Gasteiger partial charge in [-0.05, 0) is 53.5 Å². The topological polar surface area (TPSA) is 32.7 Å². The van der Waals surface area contributed by atoms with Crippen molar-refractivity contribution in [1.82, 2.24) is 4.90 Å². The van der Waals surface area contributed by atoms with E-state index in [1.165, 1.54) is 24.0 Å². The fourth-order valence-electron chi connectivity index (χ4n) is 5.29. The fraction of sp³-hybridized carbons (Fsp3) is 0.500. The van der Waals surface area contributed by atoms with E-state index >= 15 is 0 Å². The van der Waals surface area contributed by atoms with Gasteiger partial charge in [-0.15, -0.1) is 0 Å². The Morgan fingerprint density at radius 1 is 1.15 bits per heavy atom. The van der Waals surface area contributed by atoms with E-state index in [-0.39, 0.29) is 11.5 Å². The molecular weight excluding hydrogens is 334 g/mol. The molecule has 2 aromatic rings. The predicted octanol–water partition coefficient (Wildman–Crippen LogP) is 4.30. The van der Waals surface area contributed by atoms with Gasteiger partial charge in [-0.3, -0.25) is 4.90 Å². The quantitative estimate of drug-likeness (QED) is 0.860. The van der Waals surface area contributed by atoms with Gasteiger partial charge in [-0.2, -0.15) is 0 Å². The Kier molecular flexibility index (Phi) is 4.06. The molecule has 2 aromatic carbocycles. The second-order valence-electron chi connectivity index (χ2n) is 9.04. The third-order valence-electron chi connectivity index (χ3n) is 7.19. The summed E-state index contributed by atoms with van der Waals surface area (Å²) < 4.78 is 6.09. The molecule has 142 valence electrons. The molecule has 1 heterocycles. The van der Waals surface area contributed by atoms with Gasteiger partial charge in [0.2, 0.25) is 0 Å². The standard InChI is InChI=1S/C24H29NO2/c1-16-22-23(26)20-11-10-19(27-14-18-6-4-3-5-7-18)12-21(20)24(16,2)15-25(22)13-17-8-9-17/h3-7,10-12,16-17,22-23,26H,8-9,13-15H2,1-2H3/t16-,22-,23+,24+/m0/s1. The van der Waals surface area contributed by atoms with Gasteiger partial charge in [0.25, 0.3) is 0 Å². The van der Waals surface area contributed by atoms with Gasteiger partial charge in [-0.25, -0.2) is 0 Å². The summed E-state index contributed by atoms with van der Waals surface area (Å²) in [7, 11) is 0. The number of aliphatic hydroxyl groups is 1. The summed E-state index contributed by atoms with van der Waals surface area (Å²) >= 11 is 0. The van der Waals surface area contributed by atoms with Crippen LogP contribution in [-0.4, -0.2) is 29.1 Å². The third-order valence-corrected chi connectivity index (χ3v) is 7.19. The Balaban J connectivity index is 1.43. The predicted molar refractivity (Wildman–Crippen MR) is 107 cm³/mol. The molecule has 1 saturated heterocycles. The normalized spacial score (nSPS) is 32.3. The molecule has 2 fully saturated rings. The van der Waals surface area contributed by atoms with Crippen molar-refractivity contribution in [2.24, 2.45) is 11.8 Å². The number of aliphatic hydroxyl groups excluding tert-OH is 1. The molecule has 2 aliphatic carbocycles. The maximum absolute atomic E-state index is 11.2. The van der Waals surface area contributed by atoms with E-state index < -0.39 is 6.10 Å². The lowest BCUT2D eigenvalue weighted by Crippen LogP contribution is -2.42. The highest BCUT2D eigenvalue weighted by molar-refractivity contribution is 5.47. The molecule has 27 heavy (non-hydrogen) atoms. The Hall–Kier alpha value is -1.84. The van der Waals surface area contributed by atoms with Crippen molar-refractivity contribution in [1.29, 1.82) is 0 Å². The Labute approximate surface area is 162 Å². The summed E-state index contributed by atoms with van der Waals surface area (Å²) in [4.78, 5) is 2.57. The lowest BCUT2D eigenvalue weighted by Gasteiger charge is -2.40. The van der Waals surface area contributed by atoms with Gasteiger partial charge in [0, 0.05) is 24.5 Å². The van der Waals surface area contributed by atoms with E-state index in [1.807, 2.05) is 24.3 Å². The van der Waals surface area contributed by atoms with Crippen molar-refractivity contribution >= 4 is 0 Å². The number of likely N-dealkylation sites (tertiary alicyclic amines) is 1. The molecule has 0 spiro atoms. The molecule has 4 atom stereocenters. The smallest absolute Gasteiger partial charge is 0.120 e. The van der Waals surface area contributed by atoms with Crippen LogP contribution in [0.3, 0.4) is 0 Å². The first kappa shape index (κ1) is 17.3. The van der Waals surface area contributed by atoms with E-state index in [0.717, 1.165) is 30.3 Å². The summed E-state index contributed by atoms with van der Waals surface area (Å²) in [5, 5.41) is 11.2. The van der Waals surface area contributed by atoms with Crippen molar-refractivity contribution in [2.75, 3.05) is 13.1 Å². The molecule has 0 radical (unpaired) electrons. The molecular formula is C24H29NO2. The van der Waals surface area contributed by atoms with Crippen molar-refractivity contribution in [3.63, 3.8) is 0 Å². The van der Waals surface area contributed by atoms with Crippen molar-refractivity contribution < 1.29 is 9.84 Å². The zero-order valence-corrected chi connectivity index (χ0v) is 16.3. The maximum Gasteiger partial charge on any atom is 0.120 e. The highest BCUT2D eigenvalue weighted by Crippen LogP contribution is 2.54. The van der Waals surface area contributed by atoms with Crippen molar-refractivity contribution in [2.45, 2.75) is 50.9 Å². The van der Waals surface area contributed by atoms with E-state index in [1.54, 1.807) is 0 Å². The van der Waals surface area contributed by atoms with Crippen molar-refractivity contribution in [3.8, 4) is 5.75 Å². The van der Waals surface area contributed by atoms with Gasteiger partial charge in [0.15, 0.2) is 0 Å². The third kappa shape index (κ3) is 2.88. The van der Waals surface area contributed by atoms with E-state index in [0.29, 0.717) is 12.5 Å². The minimum absolute atomic E-state index is 0.0836. The lowest BCUT2D eigenvalue weighted by atomic mass is 9.65. The van der Waals surface area contributed by atoms with Crippen LogP contribution in [0.5, 0.6) is 5.75 Å². The summed E-state index contributed by atoms with van der Waals surface area (Å²) in [5.74, 6) is 2.20. The van der Waals surface area contributed by atoms with Crippen LogP contribution in [0.1, 0.15) is 49.5 Å². The molecule has 1 saturated carbocycles. The summed E-state index contributed by atoms with van der Waals surface area (Å²) in [6, 6.07) is 16.8. The number of hydrogen-bond acceptors (Lipinski definition) is 3. The van der Waals surface area contributed by atoms with Gasteiger partial charge < -0.3 is 9.84 Å². The summed E-state index contributed by atoms with van der Waals surface area (Å²) in [6.07, 6.45) is 2.32. The molecule has 1 aliphatic heterocycles. The first-order valence-corrected chi connectivity index (χ1v) is 10.3. The second-order valence-corrected chi connectivity index (χ2v) is 9.04. The largest absolute Gasteiger partial charge is 0.489 e. The first-order valence-electron chi connectivity index (χ1n) is 10.3. The van der Waals surface area contributed by atoms with Crippen molar-refractivity contribution in [3.05, 3.63) is 65.2 Å². The van der Waals surface area contributed by atoms with Crippen LogP contribution in [0, 0.1) is 11.8 Å². The van der Waals surface area contributed by atoms with Crippen LogP contribution >= 0.6 is 0 Å². The highest BCUT2D eigenvalue weighted by Gasteiger charge is 2.56. The number of fused-ring (bicyclic) bond motifs is 4. The van der Waals surface area contributed by atoms with Crippen LogP contribution in [-0.2, 0) is 12.0 Å². The number of ether oxygens (including phenoxy) is 1. The minimum atomic E-state index is -0.396. The molecule has 0 amide bonds. The average molecular weight is 364 g/mol. The molecule has 3 heteroatoms. The minimum Gasteiger partial charge on any atom is -0.489 e. The van der Waals surface area contributed by atoms with Crippen LogP contribution < -0.4 is 4.74 Å². The molecule has 0 unspecified atom stereocenters. The number of benzene rings is 2. The van der Waals surface area contributed by atoms with Gasteiger partial charge in [0.1, 0.15) is 12.4 Å². The average Bonchev–Trinajstić information content (AvgIpc) is 3.46. The molecule has 1 N–H and O–H groups in total. The molecule has 3 nitrogen and oxygen atoms in total. The van der Waals surface area contributed by atoms with Gasteiger partial charge in [0.05, 0.1) is 6.10 Å². The number of hydrogen-bond donors (Lipinski definition) is 1. The van der Waals surface area contributed by atoms with Crippen LogP contribution in [0.15, 0.2) is 48.5 Å². The molecule has 2 bridgehead atoms. The highest BCUT2D eigenvalue weighted by atomic mass is 16.5. The lowest BCUT2D eigenvalue weighted by molar-refractivity contribution is 0.0461. The second kappa shape index (κ2) is 6.35. The molecule has 3 aliphatic rings. The van der Waals surface area contributed by atoms with Crippen LogP contribution in [0.2, 0.25) is 0 Å². The van der Waals surface area contributed by atoms with Crippen LogP contribution in [0.25, 0.3) is 0 Å². The van der Waals surface area contributed by atoms with E-state index in [2.05, 4.69) is 43.0 Å². The van der Waals surface area contributed by atoms with Gasteiger partial charge >= 0.3 is 0 Å². The van der Waals surface area contributed by atoms with E-state index in [4.69, 9.17) is 4.74 Å². The zero-order chi connectivity index (χ0) is 18.6. The number of nitrogens with zero attached hydrogens (tertiary/aromatic N) is 1. The molecule has 5 rings (SSSR count). The molecule has 0 aromatic heterocycles. The summed E-state index contributed by atoms with van der Waals surface area (Å²) in [6.45, 7) is 7.46. The van der Waals surface area contributed by atoms with Crippen LogP contribution in [0.4, 0.5) is 0 Å². The SMILES string of the molecule is C[C@H]1[C@H]2[C@H](O)c3ccc(OCc4ccccc4)cc3[C@]1(C)CN2CC1CC1. The number of rotatable bonds is 5. The Bertz CT molecular complexity index is 832. The van der Waals surface area contributed by atoms with Gasteiger partial charge in [-0.1, -0.05) is 50.2 Å². The fourth-order valence-corrected chi connectivity index (χ4v) is 5.29. The maximum atomic E-state index is 11.2. The first-order chi connectivity index (χ1) is 13.1. The monoisotopic (exact) mass is 363 g/mol. The Morgan fingerprint density at radius 2 is 1.93 bits per heavy atom.